The van der Waals surface area contributed by atoms with Gasteiger partial charge in [0.1, 0.15) is 6.67 Å². The molecule has 2 aliphatic heterocycles. The minimum atomic E-state index is -0.295. The molecule has 0 amide bonds. The molecule has 0 saturated carbocycles. The first-order valence-corrected chi connectivity index (χ1v) is 10.4. The van der Waals surface area contributed by atoms with E-state index in [4.69, 9.17) is 4.99 Å². The van der Waals surface area contributed by atoms with Gasteiger partial charge in [0, 0.05) is 49.7 Å². The first-order chi connectivity index (χ1) is 14.6. The molecule has 5 nitrogen and oxygen atoms in total. The van der Waals surface area contributed by atoms with Crippen molar-refractivity contribution >= 4 is 17.1 Å². The lowest BCUT2D eigenvalue weighted by molar-refractivity contribution is 0.235. The molecule has 0 spiro atoms. The van der Waals surface area contributed by atoms with Crippen LogP contribution in [-0.2, 0) is 0 Å². The van der Waals surface area contributed by atoms with Crippen LogP contribution in [0.5, 0.6) is 0 Å². The monoisotopic (exact) mass is 406 g/mol. The van der Waals surface area contributed by atoms with Gasteiger partial charge in [-0.05, 0) is 37.6 Å². The summed E-state index contributed by atoms with van der Waals surface area (Å²) in [5.74, 6) is 0. The average Bonchev–Trinajstić information content (AvgIpc) is 2.89. The van der Waals surface area contributed by atoms with Crippen LogP contribution in [0.1, 0.15) is 18.1 Å². The topological polar surface area (TPSA) is 51.7 Å². The number of alkyl halides is 1. The van der Waals surface area contributed by atoms with Crippen molar-refractivity contribution in [3.63, 3.8) is 0 Å². The molecule has 0 atom stereocenters. The molecule has 0 bridgehead atoms. The van der Waals surface area contributed by atoms with Gasteiger partial charge in [0.25, 0.3) is 5.56 Å². The lowest BCUT2D eigenvalue weighted by atomic mass is 10.1. The third-order valence-electron chi connectivity index (χ3n) is 5.76. The van der Waals surface area contributed by atoms with E-state index >= 15 is 0 Å². The van der Waals surface area contributed by atoms with Gasteiger partial charge in [-0.25, -0.2) is 4.39 Å². The molecule has 1 aromatic carbocycles. The van der Waals surface area contributed by atoms with Gasteiger partial charge in [-0.2, -0.15) is 0 Å². The van der Waals surface area contributed by atoms with Gasteiger partial charge in [-0.1, -0.05) is 30.3 Å². The van der Waals surface area contributed by atoms with Crippen LogP contribution in [0.4, 0.5) is 15.8 Å². The third-order valence-corrected chi connectivity index (χ3v) is 5.76. The van der Waals surface area contributed by atoms with Crippen molar-refractivity contribution < 1.29 is 4.39 Å². The van der Waals surface area contributed by atoms with Crippen LogP contribution in [0.3, 0.4) is 0 Å². The van der Waals surface area contributed by atoms with Gasteiger partial charge in [0.05, 0.1) is 17.0 Å². The van der Waals surface area contributed by atoms with Gasteiger partial charge in [0.15, 0.2) is 0 Å². The number of nitrogens with zero attached hydrogens (tertiary/aromatic N) is 3. The van der Waals surface area contributed by atoms with Crippen molar-refractivity contribution in [1.82, 2.24) is 9.88 Å². The Balaban J connectivity index is 1.63. The average molecular weight is 407 g/mol. The SMILES string of the molecule is CC(=Nc1cc(N2CCN(CCF)CC2)ccc1C)c1c2cccccc-2[nH]c1=O. The van der Waals surface area contributed by atoms with Gasteiger partial charge in [-0.3, -0.25) is 14.7 Å². The maximum atomic E-state index is 12.6. The van der Waals surface area contributed by atoms with Crippen LogP contribution in [0.15, 0.2) is 58.3 Å². The molecule has 0 unspecified atom stereocenters. The van der Waals surface area contributed by atoms with Crippen LogP contribution >= 0.6 is 0 Å². The number of benzene rings is 1. The van der Waals surface area contributed by atoms with Gasteiger partial charge < -0.3 is 9.88 Å². The van der Waals surface area contributed by atoms with E-state index in [1.807, 2.05) is 44.2 Å². The first kappa shape index (κ1) is 20.3. The van der Waals surface area contributed by atoms with Crippen molar-refractivity contribution in [1.29, 1.82) is 0 Å². The quantitative estimate of drug-likeness (QED) is 0.651. The number of aromatic nitrogens is 1. The molecule has 4 rings (SSSR count). The maximum absolute atomic E-state index is 12.6. The molecule has 30 heavy (non-hydrogen) atoms. The van der Waals surface area contributed by atoms with Gasteiger partial charge >= 0.3 is 0 Å². The van der Waals surface area contributed by atoms with E-state index in [9.17, 15) is 9.18 Å². The highest BCUT2D eigenvalue weighted by Crippen LogP contribution is 2.28. The molecule has 1 saturated heterocycles. The highest BCUT2D eigenvalue weighted by atomic mass is 19.1. The van der Waals surface area contributed by atoms with E-state index in [-0.39, 0.29) is 12.2 Å². The van der Waals surface area contributed by atoms with Crippen LogP contribution < -0.4 is 10.5 Å². The van der Waals surface area contributed by atoms with E-state index in [1.54, 1.807) is 0 Å². The number of aromatic amines is 1. The summed E-state index contributed by atoms with van der Waals surface area (Å²) in [6.45, 7) is 7.60. The molecule has 156 valence electrons. The highest BCUT2D eigenvalue weighted by molar-refractivity contribution is 6.05. The lowest BCUT2D eigenvalue weighted by Gasteiger charge is -2.35. The normalized spacial score (nSPS) is 15.7. The van der Waals surface area contributed by atoms with E-state index in [2.05, 4.69) is 33.0 Å². The maximum Gasteiger partial charge on any atom is 0.258 e. The molecule has 1 aliphatic carbocycles. The lowest BCUT2D eigenvalue weighted by Crippen LogP contribution is -2.47. The molecule has 3 aliphatic rings. The smallest absolute Gasteiger partial charge is 0.258 e. The number of hydrogen-bond acceptors (Lipinski definition) is 4. The Morgan fingerprint density at radius 2 is 1.87 bits per heavy atom. The molecular weight excluding hydrogens is 379 g/mol. The molecule has 1 fully saturated rings. The van der Waals surface area contributed by atoms with Crippen molar-refractivity contribution in [3.8, 4) is 11.3 Å². The number of aryl methyl sites for hydroxylation is 1. The molecule has 1 aromatic rings. The molecule has 1 N–H and O–H groups in total. The summed E-state index contributed by atoms with van der Waals surface area (Å²) in [5, 5.41) is 0. The number of nitrogens with one attached hydrogen (secondary N) is 1. The second-order valence-corrected chi connectivity index (χ2v) is 7.75. The number of halogens is 1. The summed E-state index contributed by atoms with van der Waals surface area (Å²) in [6, 6.07) is 15.9. The molecular formula is C24H27FN4O. The van der Waals surface area contributed by atoms with E-state index < -0.39 is 0 Å². The summed E-state index contributed by atoms with van der Waals surface area (Å²) in [4.78, 5) is 24.8. The number of anilines is 1. The van der Waals surface area contributed by atoms with E-state index in [0.717, 1.165) is 54.4 Å². The summed E-state index contributed by atoms with van der Waals surface area (Å²) in [7, 11) is 0. The van der Waals surface area contributed by atoms with Crippen molar-refractivity contribution in [2.75, 3.05) is 44.3 Å². The summed E-state index contributed by atoms with van der Waals surface area (Å²) < 4.78 is 12.6. The zero-order valence-corrected chi connectivity index (χ0v) is 17.5. The Morgan fingerprint density at radius 1 is 1.10 bits per heavy atom. The molecule has 0 aromatic heterocycles. The van der Waals surface area contributed by atoms with Crippen molar-refractivity contribution in [3.05, 3.63) is 70.0 Å². The van der Waals surface area contributed by atoms with E-state index in [1.165, 1.54) is 0 Å². The van der Waals surface area contributed by atoms with Crippen molar-refractivity contribution in [2.45, 2.75) is 13.8 Å². The predicted molar refractivity (Wildman–Crippen MR) is 121 cm³/mol. The molecule has 2 heterocycles. The summed E-state index contributed by atoms with van der Waals surface area (Å²) in [5.41, 5.74) is 5.93. The number of piperazine rings is 1. The Labute approximate surface area is 176 Å². The molecule has 0 radical (unpaired) electrons. The number of aliphatic imine (C=N–C) groups is 1. The second-order valence-electron chi connectivity index (χ2n) is 7.75. The minimum Gasteiger partial charge on any atom is -0.369 e. The summed E-state index contributed by atoms with van der Waals surface area (Å²) >= 11 is 0. The number of hydrogen-bond donors (Lipinski definition) is 1. The first-order valence-electron chi connectivity index (χ1n) is 10.4. The zero-order chi connectivity index (χ0) is 21.1. The predicted octanol–water partition coefficient (Wildman–Crippen LogP) is 4.02. The van der Waals surface area contributed by atoms with Crippen LogP contribution in [0.25, 0.3) is 11.3 Å². The van der Waals surface area contributed by atoms with Gasteiger partial charge in [-0.15, -0.1) is 0 Å². The third kappa shape index (κ3) is 4.14. The minimum absolute atomic E-state index is 0.116. The highest BCUT2D eigenvalue weighted by Gasteiger charge is 2.19. The number of H-pyrrole nitrogens is 1. The number of rotatable bonds is 5. The van der Waals surface area contributed by atoms with Gasteiger partial charge in [0.2, 0.25) is 0 Å². The fourth-order valence-electron chi connectivity index (χ4n) is 4.04. The second kappa shape index (κ2) is 8.79. The Morgan fingerprint density at radius 3 is 2.63 bits per heavy atom. The summed E-state index contributed by atoms with van der Waals surface area (Å²) in [6.07, 6.45) is 0. The van der Waals surface area contributed by atoms with E-state index in [0.29, 0.717) is 17.8 Å². The van der Waals surface area contributed by atoms with Crippen LogP contribution in [0, 0.1) is 6.92 Å². The Hall–Kier alpha value is -2.99. The standard InChI is InChI=1S/C24H27FN4O/c1-17-8-9-19(29-14-12-28(11-10-25)13-15-29)16-22(17)26-18(2)23-20-6-4-3-5-7-21(20)27-24(23)30/h3-9,16H,10-15H2,1-2H3,(H,27,30). The molecule has 6 heteroatoms. The Bertz CT molecular complexity index is 1080. The van der Waals surface area contributed by atoms with Crippen LogP contribution in [-0.4, -0.2) is 55.0 Å². The zero-order valence-electron chi connectivity index (χ0n) is 17.5. The van der Waals surface area contributed by atoms with Crippen molar-refractivity contribution in [2.24, 2.45) is 4.99 Å². The largest absolute Gasteiger partial charge is 0.369 e. The Kier molecular flexibility index (Phi) is 5.95. The number of fused-ring (bicyclic) bond motifs is 1. The fraction of sp³-hybridized carbons (Fsp3) is 0.333. The fourth-order valence-corrected chi connectivity index (χ4v) is 4.04. The van der Waals surface area contributed by atoms with Crippen LogP contribution in [0.2, 0.25) is 0 Å².